The van der Waals surface area contributed by atoms with Crippen LogP contribution in [-0.2, 0) is 21.2 Å². The Morgan fingerprint density at radius 3 is 2.45 bits per heavy atom. The summed E-state index contributed by atoms with van der Waals surface area (Å²) in [6, 6.07) is 14.2. The molecule has 1 fully saturated rings. The first-order valence-corrected chi connectivity index (χ1v) is 11.8. The number of hydrogen-bond acceptors (Lipinski definition) is 3. The van der Waals surface area contributed by atoms with Crippen LogP contribution in [0.1, 0.15) is 43.9 Å². The molecule has 1 heterocycles. The fourth-order valence-electron chi connectivity index (χ4n) is 3.59. The fourth-order valence-corrected chi connectivity index (χ4v) is 5.24. The van der Waals surface area contributed by atoms with E-state index < -0.39 is 10.0 Å². The summed E-state index contributed by atoms with van der Waals surface area (Å²) in [4.78, 5) is 13.0. The lowest BCUT2D eigenvalue weighted by Crippen LogP contribution is -2.45. The molecule has 1 aliphatic heterocycles. The van der Waals surface area contributed by atoms with E-state index in [1.807, 2.05) is 19.1 Å². The van der Waals surface area contributed by atoms with Gasteiger partial charge in [0.1, 0.15) is 0 Å². The fraction of sp³-hybridized carbons (Fsp3) is 0.409. The molecular weight excluding hydrogens is 408 g/mol. The summed E-state index contributed by atoms with van der Waals surface area (Å²) >= 11 is 5.87. The standard InChI is InChI=1S/C22H27ClN2O3S/c1-3-17-6-8-18(9-7-17)16(2)24-22(26)19-5-4-14-25(15-19)29(27,28)21-12-10-20(23)11-13-21/h6-13,16,19H,3-5,14-15H2,1-2H3,(H,24,26)/t16-,19+/m0/s1. The highest BCUT2D eigenvalue weighted by atomic mass is 35.5. The first kappa shape index (κ1) is 21.8. The van der Waals surface area contributed by atoms with Crippen molar-refractivity contribution in [3.05, 3.63) is 64.7 Å². The topological polar surface area (TPSA) is 66.5 Å². The number of benzene rings is 2. The number of halogens is 1. The van der Waals surface area contributed by atoms with Crippen LogP contribution in [0.25, 0.3) is 0 Å². The van der Waals surface area contributed by atoms with E-state index >= 15 is 0 Å². The van der Waals surface area contributed by atoms with Crippen LogP contribution in [0.5, 0.6) is 0 Å². The Hall–Kier alpha value is -1.89. The number of nitrogens with zero attached hydrogens (tertiary/aromatic N) is 1. The number of hydrogen-bond donors (Lipinski definition) is 1. The van der Waals surface area contributed by atoms with Gasteiger partial charge in [-0.05, 0) is 61.6 Å². The predicted octanol–water partition coefficient (Wildman–Crippen LogP) is 4.18. The summed E-state index contributed by atoms with van der Waals surface area (Å²) < 4.78 is 27.3. The molecule has 1 amide bonds. The van der Waals surface area contributed by atoms with Crippen molar-refractivity contribution >= 4 is 27.5 Å². The van der Waals surface area contributed by atoms with Crippen molar-refractivity contribution < 1.29 is 13.2 Å². The van der Waals surface area contributed by atoms with E-state index in [0.29, 0.717) is 24.4 Å². The summed E-state index contributed by atoms with van der Waals surface area (Å²) in [7, 11) is -3.64. The van der Waals surface area contributed by atoms with Gasteiger partial charge in [-0.2, -0.15) is 4.31 Å². The summed E-state index contributed by atoms with van der Waals surface area (Å²) in [5, 5.41) is 3.53. The minimum Gasteiger partial charge on any atom is -0.349 e. The maximum atomic E-state index is 12.9. The van der Waals surface area contributed by atoms with E-state index in [9.17, 15) is 13.2 Å². The van der Waals surface area contributed by atoms with E-state index in [0.717, 1.165) is 12.0 Å². The average Bonchev–Trinajstić information content (AvgIpc) is 2.74. The van der Waals surface area contributed by atoms with Crippen LogP contribution in [0.4, 0.5) is 0 Å². The third kappa shape index (κ3) is 5.18. The number of rotatable bonds is 6. The van der Waals surface area contributed by atoms with Crippen LogP contribution in [0, 0.1) is 5.92 Å². The SMILES string of the molecule is CCc1ccc([C@H](C)NC(=O)[C@@H]2CCCN(S(=O)(=O)c3ccc(Cl)cc3)C2)cc1. The van der Waals surface area contributed by atoms with E-state index in [2.05, 4.69) is 24.4 Å². The Balaban J connectivity index is 1.66. The van der Waals surface area contributed by atoms with E-state index in [4.69, 9.17) is 11.6 Å². The molecule has 0 unspecified atom stereocenters. The lowest BCUT2D eigenvalue weighted by atomic mass is 9.97. The summed E-state index contributed by atoms with van der Waals surface area (Å²) in [6.45, 7) is 4.66. The number of carbonyl (C=O) groups excluding carboxylic acids is 1. The zero-order chi connectivity index (χ0) is 21.0. The van der Waals surface area contributed by atoms with Gasteiger partial charge in [0.15, 0.2) is 0 Å². The van der Waals surface area contributed by atoms with Gasteiger partial charge in [0.25, 0.3) is 0 Å². The largest absolute Gasteiger partial charge is 0.349 e. The van der Waals surface area contributed by atoms with Crippen molar-refractivity contribution in [2.45, 2.75) is 44.0 Å². The van der Waals surface area contributed by atoms with Gasteiger partial charge in [0.05, 0.1) is 16.9 Å². The van der Waals surface area contributed by atoms with Crippen LogP contribution < -0.4 is 5.32 Å². The van der Waals surface area contributed by atoms with Crippen LogP contribution >= 0.6 is 11.6 Å². The zero-order valence-corrected chi connectivity index (χ0v) is 18.3. The predicted molar refractivity (Wildman–Crippen MR) is 115 cm³/mol. The van der Waals surface area contributed by atoms with E-state index in [-0.39, 0.29) is 29.3 Å². The molecule has 5 nitrogen and oxygen atoms in total. The molecule has 1 saturated heterocycles. The smallest absolute Gasteiger partial charge is 0.243 e. The molecular formula is C22H27ClN2O3S. The molecule has 0 aliphatic carbocycles. The molecule has 2 aromatic rings. The molecule has 1 aliphatic rings. The maximum absolute atomic E-state index is 12.9. The quantitative estimate of drug-likeness (QED) is 0.741. The second-order valence-corrected chi connectivity index (χ2v) is 9.86. The number of aryl methyl sites for hydroxylation is 1. The van der Waals surface area contributed by atoms with Crippen molar-refractivity contribution in [2.75, 3.05) is 13.1 Å². The van der Waals surface area contributed by atoms with Crippen molar-refractivity contribution in [2.24, 2.45) is 5.92 Å². The van der Waals surface area contributed by atoms with Crippen molar-refractivity contribution in [1.29, 1.82) is 0 Å². The Labute approximate surface area is 178 Å². The second kappa shape index (κ2) is 9.28. The Morgan fingerprint density at radius 2 is 1.83 bits per heavy atom. The first-order chi connectivity index (χ1) is 13.8. The van der Waals surface area contributed by atoms with Gasteiger partial charge in [-0.25, -0.2) is 8.42 Å². The molecule has 0 aromatic heterocycles. The molecule has 29 heavy (non-hydrogen) atoms. The van der Waals surface area contributed by atoms with Crippen molar-refractivity contribution in [1.82, 2.24) is 9.62 Å². The third-order valence-electron chi connectivity index (χ3n) is 5.45. The van der Waals surface area contributed by atoms with Gasteiger partial charge in [0, 0.05) is 18.1 Å². The number of piperidine rings is 1. The molecule has 156 valence electrons. The van der Waals surface area contributed by atoms with E-state index in [1.165, 1.54) is 22.0 Å². The number of sulfonamides is 1. The zero-order valence-electron chi connectivity index (χ0n) is 16.8. The van der Waals surface area contributed by atoms with Gasteiger partial charge < -0.3 is 5.32 Å². The number of carbonyl (C=O) groups is 1. The van der Waals surface area contributed by atoms with Gasteiger partial charge >= 0.3 is 0 Å². The molecule has 7 heteroatoms. The lowest BCUT2D eigenvalue weighted by Gasteiger charge is -2.32. The van der Waals surface area contributed by atoms with Gasteiger partial charge in [-0.3, -0.25) is 4.79 Å². The van der Waals surface area contributed by atoms with Crippen LogP contribution in [0.15, 0.2) is 53.4 Å². The summed E-state index contributed by atoms with van der Waals surface area (Å²) in [6.07, 6.45) is 2.31. The Bertz CT molecular complexity index is 943. The summed E-state index contributed by atoms with van der Waals surface area (Å²) in [5.41, 5.74) is 2.29. The minimum absolute atomic E-state index is 0.104. The van der Waals surface area contributed by atoms with Crippen molar-refractivity contribution in [3.8, 4) is 0 Å². The number of nitrogens with one attached hydrogen (secondary N) is 1. The highest BCUT2D eigenvalue weighted by Gasteiger charge is 2.33. The molecule has 0 radical (unpaired) electrons. The number of amides is 1. The van der Waals surface area contributed by atoms with Crippen molar-refractivity contribution in [3.63, 3.8) is 0 Å². The Morgan fingerprint density at radius 1 is 1.17 bits per heavy atom. The molecule has 3 rings (SSSR count). The van der Waals surface area contributed by atoms with Crippen LogP contribution in [0.2, 0.25) is 5.02 Å². The highest BCUT2D eigenvalue weighted by molar-refractivity contribution is 7.89. The normalized spacial score (nSPS) is 18.9. The molecule has 2 atom stereocenters. The maximum Gasteiger partial charge on any atom is 0.243 e. The molecule has 0 saturated carbocycles. The molecule has 1 N–H and O–H groups in total. The molecule has 0 bridgehead atoms. The minimum atomic E-state index is -3.64. The second-order valence-electron chi connectivity index (χ2n) is 7.48. The van der Waals surface area contributed by atoms with Gasteiger partial charge in [-0.1, -0.05) is 42.8 Å². The average molecular weight is 435 g/mol. The lowest BCUT2D eigenvalue weighted by molar-refractivity contribution is -0.126. The highest BCUT2D eigenvalue weighted by Crippen LogP contribution is 2.25. The molecule has 0 spiro atoms. The van der Waals surface area contributed by atoms with Crippen LogP contribution in [-0.4, -0.2) is 31.7 Å². The Kier molecular flexibility index (Phi) is 6.98. The summed E-state index contributed by atoms with van der Waals surface area (Å²) in [5.74, 6) is -0.462. The van der Waals surface area contributed by atoms with Crippen LogP contribution in [0.3, 0.4) is 0 Å². The van der Waals surface area contributed by atoms with Gasteiger partial charge in [0.2, 0.25) is 15.9 Å². The first-order valence-electron chi connectivity index (χ1n) is 9.96. The monoisotopic (exact) mass is 434 g/mol. The van der Waals surface area contributed by atoms with E-state index in [1.54, 1.807) is 12.1 Å². The van der Waals surface area contributed by atoms with Gasteiger partial charge in [-0.15, -0.1) is 0 Å². The third-order valence-corrected chi connectivity index (χ3v) is 7.58. The molecule has 2 aromatic carbocycles.